The predicted molar refractivity (Wildman–Crippen MR) is 86.7 cm³/mol. The van der Waals surface area contributed by atoms with Gasteiger partial charge < -0.3 is 5.32 Å². The van der Waals surface area contributed by atoms with Crippen molar-refractivity contribution in [3.05, 3.63) is 53.7 Å². The van der Waals surface area contributed by atoms with E-state index in [-0.39, 0.29) is 5.91 Å². The molecule has 108 valence electrons. The van der Waals surface area contributed by atoms with Gasteiger partial charge in [0.1, 0.15) is 0 Å². The molecule has 0 saturated heterocycles. The highest BCUT2D eigenvalue weighted by Gasteiger charge is 2.12. The summed E-state index contributed by atoms with van der Waals surface area (Å²) in [4.78, 5) is 16.6. The van der Waals surface area contributed by atoms with Crippen LogP contribution in [-0.2, 0) is 17.6 Å². The molecule has 1 amide bonds. The number of aromatic nitrogens is 1. The Balaban J connectivity index is 1.56. The third-order valence-corrected chi connectivity index (χ3v) is 4.49. The Morgan fingerprint density at radius 3 is 2.76 bits per heavy atom. The first-order valence-electron chi connectivity index (χ1n) is 7.28. The molecule has 0 saturated carbocycles. The molecule has 1 aromatic carbocycles. The fraction of sp³-hybridized carbons (Fsp3) is 0.294. The van der Waals surface area contributed by atoms with E-state index >= 15 is 0 Å². The van der Waals surface area contributed by atoms with Gasteiger partial charge in [-0.3, -0.25) is 4.79 Å². The second-order valence-electron chi connectivity index (χ2n) is 5.17. The summed E-state index contributed by atoms with van der Waals surface area (Å²) < 4.78 is 0. The summed E-state index contributed by atoms with van der Waals surface area (Å²) in [5, 5.41) is 3.83. The van der Waals surface area contributed by atoms with Crippen LogP contribution in [0.1, 0.15) is 24.1 Å². The van der Waals surface area contributed by atoms with Gasteiger partial charge in [-0.2, -0.15) is 0 Å². The molecule has 2 aromatic rings. The number of aryl methyl sites for hydroxylation is 2. The van der Waals surface area contributed by atoms with Gasteiger partial charge in [-0.05, 0) is 49.4 Å². The number of pyridine rings is 1. The Kier molecular flexibility index (Phi) is 4.55. The average molecular weight is 298 g/mol. The molecule has 0 unspecified atom stereocenters. The summed E-state index contributed by atoms with van der Waals surface area (Å²) in [6.07, 6.45) is 4.70. The van der Waals surface area contributed by atoms with E-state index < -0.39 is 0 Å². The number of para-hydroxylation sites is 1. The van der Waals surface area contributed by atoms with Crippen molar-refractivity contribution < 1.29 is 4.79 Å². The van der Waals surface area contributed by atoms with Crippen molar-refractivity contribution in [1.82, 2.24) is 4.98 Å². The highest BCUT2D eigenvalue weighted by Crippen LogP contribution is 2.23. The average Bonchev–Trinajstić information content (AvgIpc) is 2.54. The van der Waals surface area contributed by atoms with Gasteiger partial charge in [0.25, 0.3) is 0 Å². The van der Waals surface area contributed by atoms with E-state index in [1.165, 1.54) is 35.9 Å². The van der Waals surface area contributed by atoms with Gasteiger partial charge in [-0.15, -0.1) is 0 Å². The second-order valence-corrected chi connectivity index (χ2v) is 6.16. The summed E-state index contributed by atoms with van der Waals surface area (Å²) >= 11 is 1.50. The molecule has 0 atom stereocenters. The monoisotopic (exact) mass is 298 g/mol. The Morgan fingerprint density at radius 1 is 1.10 bits per heavy atom. The zero-order chi connectivity index (χ0) is 14.5. The number of hydrogen-bond donors (Lipinski definition) is 1. The van der Waals surface area contributed by atoms with Crippen LogP contribution in [0.3, 0.4) is 0 Å². The normalized spacial score (nSPS) is 13.5. The zero-order valence-electron chi connectivity index (χ0n) is 11.8. The van der Waals surface area contributed by atoms with Crippen molar-refractivity contribution in [3.63, 3.8) is 0 Å². The highest BCUT2D eigenvalue weighted by atomic mass is 32.2. The van der Waals surface area contributed by atoms with Crippen molar-refractivity contribution in [2.45, 2.75) is 30.7 Å². The molecule has 1 heterocycles. The number of anilines is 1. The molecule has 0 fully saturated rings. The van der Waals surface area contributed by atoms with Crippen LogP contribution in [-0.4, -0.2) is 16.6 Å². The quantitative estimate of drug-likeness (QED) is 0.875. The minimum atomic E-state index is 0.00530. The topological polar surface area (TPSA) is 42.0 Å². The maximum absolute atomic E-state index is 11.9. The number of amides is 1. The van der Waals surface area contributed by atoms with E-state index in [1.54, 1.807) is 0 Å². The molecule has 0 spiro atoms. The fourth-order valence-electron chi connectivity index (χ4n) is 2.50. The van der Waals surface area contributed by atoms with Gasteiger partial charge in [0.2, 0.25) is 5.91 Å². The maximum Gasteiger partial charge on any atom is 0.234 e. The lowest BCUT2D eigenvalue weighted by Crippen LogP contribution is -2.14. The van der Waals surface area contributed by atoms with E-state index in [4.69, 9.17) is 0 Å². The lowest BCUT2D eigenvalue weighted by molar-refractivity contribution is -0.113. The lowest BCUT2D eigenvalue weighted by Gasteiger charge is -2.15. The number of nitrogens with zero attached hydrogens (tertiary/aromatic N) is 1. The summed E-state index contributed by atoms with van der Waals surface area (Å²) in [7, 11) is 0. The molecule has 0 bridgehead atoms. The molecule has 4 heteroatoms. The van der Waals surface area contributed by atoms with Crippen LogP contribution in [0.2, 0.25) is 0 Å². The fourth-order valence-corrected chi connectivity index (χ4v) is 3.19. The van der Waals surface area contributed by atoms with Crippen molar-refractivity contribution in [2.24, 2.45) is 0 Å². The Hall–Kier alpha value is -1.81. The molecular weight excluding hydrogens is 280 g/mol. The third kappa shape index (κ3) is 3.85. The van der Waals surface area contributed by atoms with E-state index in [2.05, 4.69) is 16.4 Å². The molecule has 3 rings (SSSR count). The van der Waals surface area contributed by atoms with Crippen LogP contribution in [0.4, 0.5) is 5.69 Å². The van der Waals surface area contributed by atoms with Gasteiger partial charge in [0, 0.05) is 11.4 Å². The summed E-state index contributed by atoms with van der Waals surface area (Å²) in [5.41, 5.74) is 3.43. The van der Waals surface area contributed by atoms with Gasteiger partial charge >= 0.3 is 0 Å². The number of fused-ring (bicyclic) bond motifs is 1. The number of carbonyl (C=O) groups is 1. The smallest absolute Gasteiger partial charge is 0.234 e. The molecule has 1 aromatic heterocycles. The SMILES string of the molecule is O=C(CSc1ccc2c(n1)CCCC2)Nc1ccccc1. The van der Waals surface area contributed by atoms with Crippen molar-refractivity contribution in [1.29, 1.82) is 0 Å². The number of rotatable bonds is 4. The number of benzene rings is 1. The Labute approximate surface area is 129 Å². The van der Waals surface area contributed by atoms with Crippen molar-refractivity contribution in [2.75, 3.05) is 11.1 Å². The van der Waals surface area contributed by atoms with Crippen LogP contribution in [0.25, 0.3) is 0 Å². The number of nitrogens with one attached hydrogen (secondary N) is 1. The second kappa shape index (κ2) is 6.76. The molecule has 1 aliphatic rings. The molecule has 21 heavy (non-hydrogen) atoms. The molecule has 3 nitrogen and oxygen atoms in total. The van der Waals surface area contributed by atoms with Crippen LogP contribution in [0, 0.1) is 0 Å². The molecule has 0 aliphatic heterocycles. The first kappa shape index (κ1) is 14.1. The van der Waals surface area contributed by atoms with E-state index in [9.17, 15) is 4.79 Å². The lowest BCUT2D eigenvalue weighted by atomic mass is 9.96. The maximum atomic E-state index is 11.9. The van der Waals surface area contributed by atoms with Crippen LogP contribution in [0.5, 0.6) is 0 Å². The predicted octanol–water partition coefficient (Wildman–Crippen LogP) is 3.69. The Bertz CT molecular complexity index is 628. The van der Waals surface area contributed by atoms with Gasteiger partial charge in [0.05, 0.1) is 10.8 Å². The number of thioether (sulfide) groups is 1. The van der Waals surface area contributed by atoms with Gasteiger partial charge in [-0.1, -0.05) is 36.0 Å². The number of hydrogen-bond acceptors (Lipinski definition) is 3. The Morgan fingerprint density at radius 2 is 1.90 bits per heavy atom. The van der Waals surface area contributed by atoms with Crippen LogP contribution >= 0.6 is 11.8 Å². The van der Waals surface area contributed by atoms with Gasteiger partial charge in [0.15, 0.2) is 0 Å². The number of carbonyl (C=O) groups excluding carboxylic acids is 1. The molecule has 1 aliphatic carbocycles. The van der Waals surface area contributed by atoms with E-state index in [0.717, 1.165) is 23.6 Å². The van der Waals surface area contributed by atoms with Crippen molar-refractivity contribution >= 4 is 23.4 Å². The summed E-state index contributed by atoms with van der Waals surface area (Å²) in [5.74, 6) is 0.395. The zero-order valence-corrected chi connectivity index (χ0v) is 12.7. The first-order chi connectivity index (χ1) is 10.3. The molecular formula is C17H18N2OS. The summed E-state index contributed by atoms with van der Waals surface area (Å²) in [6.45, 7) is 0. The van der Waals surface area contributed by atoms with Crippen molar-refractivity contribution in [3.8, 4) is 0 Å². The minimum absolute atomic E-state index is 0.00530. The highest BCUT2D eigenvalue weighted by molar-refractivity contribution is 7.99. The van der Waals surface area contributed by atoms with E-state index in [0.29, 0.717) is 5.75 Å². The largest absolute Gasteiger partial charge is 0.325 e. The van der Waals surface area contributed by atoms with Crippen LogP contribution < -0.4 is 5.32 Å². The molecule has 0 radical (unpaired) electrons. The van der Waals surface area contributed by atoms with Crippen LogP contribution in [0.15, 0.2) is 47.5 Å². The first-order valence-corrected chi connectivity index (χ1v) is 8.26. The molecule has 1 N–H and O–H groups in total. The standard InChI is InChI=1S/C17H18N2OS/c20-16(18-14-7-2-1-3-8-14)12-21-17-11-10-13-6-4-5-9-15(13)19-17/h1-3,7-8,10-11H,4-6,9,12H2,(H,18,20). The van der Waals surface area contributed by atoms with Gasteiger partial charge in [-0.25, -0.2) is 4.98 Å². The minimum Gasteiger partial charge on any atom is -0.325 e. The third-order valence-electron chi connectivity index (χ3n) is 3.56. The summed E-state index contributed by atoms with van der Waals surface area (Å²) in [6, 6.07) is 13.7. The van der Waals surface area contributed by atoms with E-state index in [1.807, 2.05) is 36.4 Å².